The lowest BCUT2D eigenvalue weighted by atomic mass is 10.0. The normalized spacial score (nSPS) is 10.6. The Balaban J connectivity index is 2.35. The van der Waals surface area contributed by atoms with Crippen LogP contribution < -0.4 is 0 Å². The smallest absolute Gasteiger partial charge is 0.149 e. The molecule has 1 aromatic heterocycles. The first-order chi connectivity index (χ1) is 8.36. The third-order valence-electron chi connectivity index (χ3n) is 2.81. The quantitative estimate of drug-likeness (QED) is 0.606. The summed E-state index contributed by atoms with van der Waals surface area (Å²) in [4.78, 5) is 4.09. The van der Waals surface area contributed by atoms with E-state index in [9.17, 15) is 4.39 Å². The molecule has 0 atom stereocenters. The second kappa shape index (κ2) is 3.98. The molecule has 1 heterocycles. The third kappa shape index (κ3) is 1.68. The number of nitrogens with zero attached hydrogens (tertiary/aromatic N) is 1. The fourth-order valence-corrected chi connectivity index (χ4v) is 2.01. The Bertz CT molecular complexity index is 662. The van der Waals surface area contributed by atoms with Crippen LogP contribution >= 0.6 is 0 Å². The zero-order valence-corrected chi connectivity index (χ0v) is 9.10. The van der Waals surface area contributed by atoms with Gasteiger partial charge in [0.2, 0.25) is 0 Å². The van der Waals surface area contributed by atoms with Crippen LogP contribution in [0.25, 0.3) is 22.0 Å². The second-order valence-corrected chi connectivity index (χ2v) is 3.86. The molecule has 0 radical (unpaired) electrons. The monoisotopic (exact) mass is 223 g/mol. The molecular formula is C15H10FN. The minimum atomic E-state index is -0.278. The Hall–Kier alpha value is -2.22. The van der Waals surface area contributed by atoms with Crippen LogP contribution in [0, 0.1) is 5.82 Å². The molecule has 0 saturated carbocycles. The maximum Gasteiger partial charge on any atom is 0.149 e. The van der Waals surface area contributed by atoms with Gasteiger partial charge < -0.3 is 0 Å². The van der Waals surface area contributed by atoms with Crippen molar-refractivity contribution >= 4 is 10.9 Å². The molecule has 0 N–H and O–H groups in total. The predicted molar refractivity (Wildman–Crippen MR) is 67.1 cm³/mol. The molecule has 1 nitrogen and oxygen atoms in total. The van der Waals surface area contributed by atoms with E-state index >= 15 is 0 Å². The van der Waals surface area contributed by atoms with Gasteiger partial charge >= 0.3 is 0 Å². The number of halogens is 1. The van der Waals surface area contributed by atoms with Gasteiger partial charge in [-0.3, -0.25) is 4.98 Å². The molecule has 0 fully saturated rings. The standard InChI is InChI=1S/C15H10FN/c16-14-8-4-7-13-12(9-10-17-15(13)14)11-5-2-1-3-6-11/h1-10H. The average molecular weight is 223 g/mol. The van der Waals surface area contributed by atoms with Crippen molar-refractivity contribution in [1.29, 1.82) is 0 Å². The highest BCUT2D eigenvalue weighted by atomic mass is 19.1. The number of pyridine rings is 1. The molecule has 0 aliphatic carbocycles. The Kier molecular flexibility index (Phi) is 2.33. The van der Waals surface area contributed by atoms with Crippen LogP contribution in [-0.2, 0) is 0 Å². The highest BCUT2D eigenvalue weighted by molar-refractivity contribution is 5.94. The molecule has 2 aromatic carbocycles. The van der Waals surface area contributed by atoms with Gasteiger partial charge in [0.15, 0.2) is 0 Å². The average Bonchev–Trinajstić information content (AvgIpc) is 2.40. The molecule has 17 heavy (non-hydrogen) atoms. The lowest BCUT2D eigenvalue weighted by molar-refractivity contribution is 0.637. The lowest BCUT2D eigenvalue weighted by Crippen LogP contribution is -1.87. The lowest BCUT2D eigenvalue weighted by Gasteiger charge is -2.06. The number of rotatable bonds is 1. The van der Waals surface area contributed by atoms with Gasteiger partial charge in [-0.05, 0) is 23.3 Å². The van der Waals surface area contributed by atoms with Crippen molar-refractivity contribution in [2.24, 2.45) is 0 Å². The molecule has 0 aliphatic heterocycles. The van der Waals surface area contributed by atoms with E-state index < -0.39 is 0 Å². The van der Waals surface area contributed by atoms with E-state index in [1.54, 1.807) is 12.3 Å². The number of para-hydroxylation sites is 1. The van der Waals surface area contributed by atoms with Gasteiger partial charge in [0.1, 0.15) is 11.3 Å². The van der Waals surface area contributed by atoms with Crippen LogP contribution in [-0.4, -0.2) is 4.98 Å². The van der Waals surface area contributed by atoms with Gasteiger partial charge in [-0.25, -0.2) is 4.39 Å². The number of fused-ring (bicyclic) bond motifs is 1. The molecule has 0 saturated heterocycles. The Morgan fingerprint density at radius 3 is 2.47 bits per heavy atom. The maximum absolute atomic E-state index is 13.6. The summed E-state index contributed by atoms with van der Waals surface area (Å²) >= 11 is 0. The van der Waals surface area contributed by atoms with E-state index in [-0.39, 0.29) is 5.82 Å². The van der Waals surface area contributed by atoms with Crippen LogP contribution in [0.4, 0.5) is 4.39 Å². The van der Waals surface area contributed by atoms with Crippen LogP contribution in [0.3, 0.4) is 0 Å². The molecule has 3 rings (SSSR count). The van der Waals surface area contributed by atoms with E-state index in [2.05, 4.69) is 4.98 Å². The summed E-state index contributed by atoms with van der Waals surface area (Å²) in [5.74, 6) is -0.278. The largest absolute Gasteiger partial charge is 0.253 e. The van der Waals surface area contributed by atoms with Crippen LogP contribution in [0.1, 0.15) is 0 Å². The van der Waals surface area contributed by atoms with E-state index in [4.69, 9.17) is 0 Å². The number of aromatic nitrogens is 1. The first-order valence-electron chi connectivity index (χ1n) is 5.45. The number of hydrogen-bond donors (Lipinski definition) is 0. The van der Waals surface area contributed by atoms with Crippen molar-refractivity contribution in [3.63, 3.8) is 0 Å². The van der Waals surface area contributed by atoms with Crippen molar-refractivity contribution < 1.29 is 4.39 Å². The van der Waals surface area contributed by atoms with Crippen LogP contribution in [0.2, 0.25) is 0 Å². The Morgan fingerprint density at radius 1 is 0.824 bits per heavy atom. The minimum absolute atomic E-state index is 0.278. The molecule has 0 aliphatic rings. The van der Waals surface area contributed by atoms with E-state index in [0.29, 0.717) is 5.52 Å². The van der Waals surface area contributed by atoms with Gasteiger partial charge in [0, 0.05) is 11.6 Å². The van der Waals surface area contributed by atoms with Gasteiger partial charge in [-0.1, -0.05) is 42.5 Å². The number of benzene rings is 2. The molecule has 0 spiro atoms. The highest BCUT2D eigenvalue weighted by Crippen LogP contribution is 2.27. The first-order valence-corrected chi connectivity index (χ1v) is 5.45. The molecule has 82 valence electrons. The molecule has 2 heteroatoms. The predicted octanol–water partition coefficient (Wildman–Crippen LogP) is 4.04. The number of hydrogen-bond acceptors (Lipinski definition) is 1. The fraction of sp³-hybridized carbons (Fsp3) is 0. The second-order valence-electron chi connectivity index (χ2n) is 3.86. The Morgan fingerprint density at radius 2 is 1.65 bits per heavy atom. The van der Waals surface area contributed by atoms with Gasteiger partial charge in [-0.15, -0.1) is 0 Å². The summed E-state index contributed by atoms with van der Waals surface area (Å²) in [6.45, 7) is 0. The summed E-state index contributed by atoms with van der Waals surface area (Å²) in [6.07, 6.45) is 1.65. The van der Waals surface area contributed by atoms with E-state index in [0.717, 1.165) is 16.5 Å². The zero-order chi connectivity index (χ0) is 11.7. The molecule has 0 amide bonds. The Labute approximate surface area is 98.6 Å². The minimum Gasteiger partial charge on any atom is -0.253 e. The highest BCUT2D eigenvalue weighted by Gasteiger charge is 2.06. The van der Waals surface area contributed by atoms with Gasteiger partial charge in [-0.2, -0.15) is 0 Å². The first kappa shape index (κ1) is 9.97. The van der Waals surface area contributed by atoms with Crippen LogP contribution in [0.5, 0.6) is 0 Å². The summed E-state index contributed by atoms with van der Waals surface area (Å²) in [6, 6.07) is 16.9. The molecule has 3 aromatic rings. The zero-order valence-electron chi connectivity index (χ0n) is 9.10. The van der Waals surface area contributed by atoms with Crippen molar-refractivity contribution in [2.45, 2.75) is 0 Å². The van der Waals surface area contributed by atoms with Crippen molar-refractivity contribution in [1.82, 2.24) is 4.98 Å². The van der Waals surface area contributed by atoms with Crippen molar-refractivity contribution in [2.75, 3.05) is 0 Å². The SMILES string of the molecule is Fc1cccc2c(-c3ccccc3)ccnc12. The van der Waals surface area contributed by atoms with Gasteiger partial charge in [0.25, 0.3) is 0 Å². The third-order valence-corrected chi connectivity index (χ3v) is 2.81. The summed E-state index contributed by atoms with van der Waals surface area (Å²) in [7, 11) is 0. The maximum atomic E-state index is 13.6. The molecule has 0 unspecified atom stereocenters. The fourth-order valence-electron chi connectivity index (χ4n) is 2.01. The van der Waals surface area contributed by atoms with Crippen LogP contribution in [0.15, 0.2) is 60.8 Å². The molecule has 0 bridgehead atoms. The summed E-state index contributed by atoms with van der Waals surface area (Å²) in [5, 5.41) is 0.846. The molecular weight excluding hydrogens is 213 g/mol. The van der Waals surface area contributed by atoms with Crippen molar-refractivity contribution in [3.8, 4) is 11.1 Å². The van der Waals surface area contributed by atoms with E-state index in [1.165, 1.54) is 6.07 Å². The topological polar surface area (TPSA) is 12.9 Å². The van der Waals surface area contributed by atoms with E-state index in [1.807, 2.05) is 42.5 Å². The van der Waals surface area contributed by atoms with Gasteiger partial charge in [0.05, 0.1) is 0 Å². The van der Waals surface area contributed by atoms with Crippen molar-refractivity contribution in [3.05, 3.63) is 66.6 Å². The summed E-state index contributed by atoms with van der Waals surface area (Å²) < 4.78 is 13.6. The summed E-state index contributed by atoms with van der Waals surface area (Å²) in [5.41, 5.74) is 2.51.